The minimum atomic E-state index is -0.441. The molecule has 0 bridgehead atoms. The van der Waals surface area contributed by atoms with Crippen LogP contribution < -0.4 is 11.1 Å². The molecule has 106 valence electrons. The van der Waals surface area contributed by atoms with Crippen LogP contribution in [0, 0.1) is 5.82 Å². The summed E-state index contributed by atoms with van der Waals surface area (Å²) in [6.07, 6.45) is 3.10. The fraction of sp³-hybridized carbons (Fsp3) is 0.462. The summed E-state index contributed by atoms with van der Waals surface area (Å²) in [4.78, 5) is 0. The van der Waals surface area contributed by atoms with Crippen LogP contribution in [0.3, 0.4) is 0 Å². The first-order chi connectivity index (χ1) is 9.10. The summed E-state index contributed by atoms with van der Waals surface area (Å²) in [7, 11) is 0. The Morgan fingerprint density at radius 1 is 1.58 bits per heavy atom. The second kappa shape index (κ2) is 8.01. The lowest BCUT2D eigenvalue weighted by Gasteiger charge is -2.11. The molecule has 19 heavy (non-hydrogen) atoms. The van der Waals surface area contributed by atoms with Crippen molar-refractivity contribution in [2.24, 2.45) is 10.9 Å². The van der Waals surface area contributed by atoms with E-state index in [9.17, 15) is 4.39 Å². The van der Waals surface area contributed by atoms with Crippen LogP contribution in [0.2, 0.25) is 0 Å². The van der Waals surface area contributed by atoms with E-state index in [4.69, 9.17) is 10.9 Å². The number of oxime groups is 1. The topological polar surface area (TPSA) is 70.6 Å². The van der Waals surface area contributed by atoms with Crippen molar-refractivity contribution in [3.05, 3.63) is 35.1 Å². The summed E-state index contributed by atoms with van der Waals surface area (Å²) in [5.41, 5.74) is 6.05. The molecular formula is C13H20FN3OS. The van der Waals surface area contributed by atoms with E-state index in [1.165, 1.54) is 6.07 Å². The molecule has 6 heteroatoms. The van der Waals surface area contributed by atoms with Gasteiger partial charge in [-0.3, -0.25) is 0 Å². The van der Waals surface area contributed by atoms with Crippen molar-refractivity contribution in [3.63, 3.8) is 0 Å². The molecule has 0 fully saturated rings. The van der Waals surface area contributed by atoms with Crippen LogP contribution in [-0.4, -0.2) is 29.1 Å². The van der Waals surface area contributed by atoms with E-state index < -0.39 is 5.82 Å². The first kappa shape index (κ1) is 15.8. The summed E-state index contributed by atoms with van der Waals surface area (Å²) in [6, 6.07) is 4.87. The number of hydrogen-bond acceptors (Lipinski definition) is 4. The van der Waals surface area contributed by atoms with Gasteiger partial charge in [-0.1, -0.05) is 24.2 Å². The predicted molar refractivity (Wildman–Crippen MR) is 78.2 cm³/mol. The number of benzene rings is 1. The van der Waals surface area contributed by atoms with E-state index in [1.807, 2.05) is 11.8 Å². The molecule has 0 aliphatic heterocycles. The number of thioether (sulfide) groups is 1. The highest BCUT2D eigenvalue weighted by atomic mass is 32.2. The van der Waals surface area contributed by atoms with Crippen molar-refractivity contribution < 1.29 is 9.60 Å². The van der Waals surface area contributed by atoms with Gasteiger partial charge in [0.05, 0.1) is 5.56 Å². The summed E-state index contributed by atoms with van der Waals surface area (Å²) >= 11 is 1.81. The summed E-state index contributed by atoms with van der Waals surface area (Å²) < 4.78 is 14.0. The van der Waals surface area contributed by atoms with Crippen molar-refractivity contribution in [1.29, 1.82) is 0 Å². The Hall–Kier alpha value is -1.27. The zero-order valence-electron chi connectivity index (χ0n) is 11.2. The molecule has 0 saturated heterocycles. The third-order valence-electron chi connectivity index (χ3n) is 2.91. The van der Waals surface area contributed by atoms with E-state index in [0.717, 1.165) is 13.0 Å². The normalized spacial score (nSPS) is 13.5. The van der Waals surface area contributed by atoms with E-state index in [1.54, 1.807) is 12.1 Å². The van der Waals surface area contributed by atoms with Gasteiger partial charge in [0.25, 0.3) is 0 Å². The average Bonchev–Trinajstić information content (AvgIpc) is 2.43. The standard InChI is InChI=1S/C13H20FN3OS/c1-9(19-2)6-7-16-8-10-4-3-5-11(12(10)14)13(15)17-18/h3-5,9,16,18H,6-8H2,1-2H3,(H2,15,17). The summed E-state index contributed by atoms with van der Waals surface area (Å²) in [5.74, 6) is -0.654. The molecular weight excluding hydrogens is 265 g/mol. The molecule has 0 saturated carbocycles. The van der Waals surface area contributed by atoms with Crippen molar-refractivity contribution in [2.45, 2.75) is 25.1 Å². The maximum absolute atomic E-state index is 14.0. The Bertz CT molecular complexity index is 440. The maximum Gasteiger partial charge on any atom is 0.173 e. The van der Waals surface area contributed by atoms with Crippen LogP contribution in [0.4, 0.5) is 4.39 Å². The second-order valence-corrected chi connectivity index (χ2v) is 5.55. The highest BCUT2D eigenvalue weighted by Gasteiger charge is 2.11. The molecule has 0 amide bonds. The minimum absolute atomic E-state index is 0.124. The number of rotatable bonds is 7. The van der Waals surface area contributed by atoms with E-state index >= 15 is 0 Å². The molecule has 0 heterocycles. The van der Waals surface area contributed by atoms with Gasteiger partial charge in [0, 0.05) is 17.4 Å². The first-order valence-corrected chi connectivity index (χ1v) is 7.37. The van der Waals surface area contributed by atoms with Gasteiger partial charge in [-0.25, -0.2) is 4.39 Å². The largest absolute Gasteiger partial charge is 0.409 e. The van der Waals surface area contributed by atoms with Crippen LogP contribution in [0.1, 0.15) is 24.5 Å². The third kappa shape index (κ3) is 4.72. The summed E-state index contributed by atoms with van der Waals surface area (Å²) in [5, 5.41) is 15.2. The smallest absolute Gasteiger partial charge is 0.173 e. The van der Waals surface area contributed by atoms with Crippen molar-refractivity contribution in [2.75, 3.05) is 12.8 Å². The number of hydrogen-bond donors (Lipinski definition) is 3. The molecule has 1 atom stereocenters. The van der Waals surface area contributed by atoms with E-state index in [-0.39, 0.29) is 11.4 Å². The van der Waals surface area contributed by atoms with Gasteiger partial charge in [-0.15, -0.1) is 0 Å². The van der Waals surface area contributed by atoms with Crippen LogP contribution in [0.5, 0.6) is 0 Å². The zero-order chi connectivity index (χ0) is 14.3. The molecule has 0 radical (unpaired) electrons. The molecule has 1 aromatic rings. The van der Waals surface area contributed by atoms with Gasteiger partial charge in [-0.05, 0) is 25.3 Å². The third-order valence-corrected chi connectivity index (χ3v) is 3.95. The summed E-state index contributed by atoms with van der Waals surface area (Å²) in [6.45, 7) is 3.42. The SMILES string of the molecule is CSC(C)CCNCc1cccc(/C(N)=N/O)c1F. The molecule has 0 aromatic heterocycles. The van der Waals surface area contributed by atoms with Gasteiger partial charge in [0.15, 0.2) is 5.84 Å². The van der Waals surface area contributed by atoms with Gasteiger partial charge < -0.3 is 16.3 Å². The fourth-order valence-electron chi connectivity index (χ4n) is 1.61. The number of amidine groups is 1. The molecule has 1 unspecified atom stereocenters. The van der Waals surface area contributed by atoms with Crippen LogP contribution in [-0.2, 0) is 6.54 Å². The lowest BCUT2D eigenvalue weighted by Crippen LogP contribution is -2.20. The molecule has 1 aromatic carbocycles. The Morgan fingerprint density at radius 3 is 2.95 bits per heavy atom. The lowest BCUT2D eigenvalue weighted by atomic mass is 10.1. The Morgan fingerprint density at radius 2 is 2.32 bits per heavy atom. The number of halogens is 1. The fourth-order valence-corrected chi connectivity index (χ4v) is 1.97. The molecule has 4 N–H and O–H groups in total. The number of nitrogens with zero attached hydrogens (tertiary/aromatic N) is 1. The Balaban J connectivity index is 2.60. The van der Waals surface area contributed by atoms with Crippen molar-refractivity contribution >= 4 is 17.6 Å². The lowest BCUT2D eigenvalue weighted by molar-refractivity contribution is 0.318. The average molecular weight is 285 g/mol. The predicted octanol–water partition coefficient (Wildman–Crippen LogP) is 2.15. The molecule has 0 spiro atoms. The van der Waals surface area contributed by atoms with Crippen LogP contribution >= 0.6 is 11.8 Å². The Kier molecular flexibility index (Phi) is 6.66. The monoisotopic (exact) mass is 285 g/mol. The Labute approximate surface area is 117 Å². The van der Waals surface area contributed by atoms with Crippen LogP contribution in [0.15, 0.2) is 23.4 Å². The van der Waals surface area contributed by atoms with Crippen molar-refractivity contribution in [3.8, 4) is 0 Å². The van der Waals surface area contributed by atoms with Crippen LogP contribution in [0.25, 0.3) is 0 Å². The van der Waals surface area contributed by atoms with E-state index in [0.29, 0.717) is 17.4 Å². The molecule has 1 rings (SSSR count). The maximum atomic E-state index is 14.0. The number of nitrogens with two attached hydrogens (primary N) is 1. The van der Waals surface area contributed by atoms with Gasteiger partial charge in [0.2, 0.25) is 0 Å². The van der Waals surface area contributed by atoms with E-state index in [2.05, 4.69) is 23.7 Å². The molecule has 0 aliphatic rings. The van der Waals surface area contributed by atoms with Gasteiger partial charge in [0.1, 0.15) is 5.82 Å². The second-order valence-electron chi connectivity index (χ2n) is 4.28. The van der Waals surface area contributed by atoms with Crippen molar-refractivity contribution in [1.82, 2.24) is 5.32 Å². The van der Waals surface area contributed by atoms with Gasteiger partial charge in [-0.2, -0.15) is 11.8 Å². The highest BCUT2D eigenvalue weighted by molar-refractivity contribution is 7.99. The quantitative estimate of drug-likeness (QED) is 0.236. The zero-order valence-corrected chi connectivity index (χ0v) is 12.0. The molecule has 0 aliphatic carbocycles. The number of nitrogens with one attached hydrogen (secondary N) is 1. The molecule has 4 nitrogen and oxygen atoms in total. The van der Waals surface area contributed by atoms with Gasteiger partial charge >= 0.3 is 0 Å². The highest BCUT2D eigenvalue weighted by Crippen LogP contribution is 2.13. The minimum Gasteiger partial charge on any atom is -0.409 e. The first-order valence-electron chi connectivity index (χ1n) is 6.09.